The molecule has 2 N–H and O–H groups in total. The van der Waals surface area contributed by atoms with Gasteiger partial charge in [-0.1, -0.05) is 12.8 Å². The highest BCUT2D eigenvalue weighted by Crippen LogP contribution is 2.47. The predicted molar refractivity (Wildman–Crippen MR) is 38.0 cm³/mol. The molecule has 0 aliphatic heterocycles. The van der Waals surface area contributed by atoms with Crippen LogP contribution in [0.1, 0.15) is 25.7 Å². The van der Waals surface area contributed by atoms with Crippen molar-refractivity contribution >= 4 is 0 Å². The topological polar surface area (TPSA) is 26.0 Å². The molecule has 1 nitrogen and oxygen atoms in total. The van der Waals surface area contributed by atoms with E-state index >= 15 is 0 Å². The van der Waals surface area contributed by atoms with Crippen molar-refractivity contribution in [3.63, 3.8) is 0 Å². The van der Waals surface area contributed by atoms with Gasteiger partial charge in [-0.25, -0.2) is 0 Å². The monoisotopic (exact) mass is 125 g/mol. The Labute approximate surface area is 56.6 Å². The molecule has 2 atom stereocenters. The zero-order valence-electron chi connectivity index (χ0n) is 5.84. The second kappa shape index (κ2) is 1.98. The van der Waals surface area contributed by atoms with Gasteiger partial charge < -0.3 is 5.73 Å². The van der Waals surface area contributed by atoms with Crippen molar-refractivity contribution < 1.29 is 0 Å². The van der Waals surface area contributed by atoms with E-state index in [9.17, 15) is 0 Å². The van der Waals surface area contributed by atoms with E-state index in [0.29, 0.717) is 0 Å². The van der Waals surface area contributed by atoms with Gasteiger partial charge in [-0.15, -0.1) is 0 Å². The quantitative estimate of drug-likeness (QED) is 0.606. The molecular weight excluding hydrogens is 110 g/mol. The van der Waals surface area contributed by atoms with Crippen LogP contribution in [0.4, 0.5) is 0 Å². The van der Waals surface area contributed by atoms with Crippen LogP contribution in [0.15, 0.2) is 0 Å². The molecule has 0 spiro atoms. The summed E-state index contributed by atoms with van der Waals surface area (Å²) in [6.07, 6.45) is 5.95. The van der Waals surface area contributed by atoms with Crippen LogP contribution >= 0.6 is 0 Å². The number of hydrogen-bond acceptors (Lipinski definition) is 1. The van der Waals surface area contributed by atoms with Crippen molar-refractivity contribution in [3.8, 4) is 0 Å². The van der Waals surface area contributed by atoms with Gasteiger partial charge in [-0.2, -0.15) is 0 Å². The first-order valence-electron chi connectivity index (χ1n) is 4.10. The van der Waals surface area contributed by atoms with E-state index in [2.05, 4.69) is 0 Å². The second-order valence-corrected chi connectivity index (χ2v) is 3.67. The van der Waals surface area contributed by atoms with Crippen molar-refractivity contribution in [2.45, 2.75) is 25.7 Å². The van der Waals surface area contributed by atoms with E-state index in [4.69, 9.17) is 5.73 Å². The van der Waals surface area contributed by atoms with Gasteiger partial charge >= 0.3 is 0 Å². The van der Waals surface area contributed by atoms with Gasteiger partial charge in [0, 0.05) is 0 Å². The number of nitrogens with two attached hydrogens (primary N) is 1. The molecule has 0 bridgehead atoms. The van der Waals surface area contributed by atoms with Crippen LogP contribution in [0.3, 0.4) is 0 Å². The summed E-state index contributed by atoms with van der Waals surface area (Å²) in [5.74, 6) is 3.08. The summed E-state index contributed by atoms with van der Waals surface area (Å²) in [4.78, 5) is 0. The number of hydrogen-bond donors (Lipinski definition) is 1. The average Bonchev–Trinajstić information content (AvgIpc) is 2.66. The first-order valence-corrected chi connectivity index (χ1v) is 4.10. The Morgan fingerprint density at radius 2 is 2.00 bits per heavy atom. The molecule has 0 aromatic rings. The normalized spacial score (nSPS) is 41.0. The third kappa shape index (κ3) is 1.26. The summed E-state index contributed by atoms with van der Waals surface area (Å²) in [5.41, 5.74) is 5.52. The molecule has 9 heavy (non-hydrogen) atoms. The summed E-state index contributed by atoms with van der Waals surface area (Å²) in [5, 5.41) is 0. The Hall–Kier alpha value is -0.0400. The van der Waals surface area contributed by atoms with Crippen LogP contribution < -0.4 is 5.73 Å². The molecule has 1 heteroatoms. The summed E-state index contributed by atoms with van der Waals surface area (Å²) < 4.78 is 0. The highest BCUT2D eigenvalue weighted by molar-refractivity contribution is 4.91. The molecule has 0 amide bonds. The standard InChI is InChI=1S/C8H15N/c9-5-8-4-7(8)3-6-1-2-6/h6-8H,1-5,9H2/t7-,8+/m1/s1. The maximum absolute atomic E-state index is 5.52. The molecule has 2 saturated carbocycles. The van der Waals surface area contributed by atoms with Crippen LogP contribution in [0, 0.1) is 17.8 Å². The van der Waals surface area contributed by atoms with Gasteiger partial charge in [0.15, 0.2) is 0 Å². The Morgan fingerprint density at radius 1 is 1.22 bits per heavy atom. The Morgan fingerprint density at radius 3 is 2.44 bits per heavy atom. The zero-order chi connectivity index (χ0) is 6.27. The molecule has 2 aliphatic carbocycles. The first kappa shape index (κ1) is 5.72. The smallest absolute Gasteiger partial charge is 0.00461 e. The van der Waals surface area contributed by atoms with Crippen LogP contribution in [-0.4, -0.2) is 6.54 Å². The minimum absolute atomic E-state index is 0.922. The molecule has 0 radical (unpaired) electrons. The fourth-order valence-corrected chi connectivity index (χ4v) is 1.67. The summed E-state index contributed by atoms with van der Waals surface area (Å²) in [6, 6.07) is 0. The first-order chi connectivity index (χ1) is 4.40. The van der Waals surface area contributed by atoms with Gasteiger partial charge in [0.25, 0.3) is 0 Å². The summed E-state index contributed by atoms with van der Waals surface area (Å²) in [7, 11) is 0. The summed E-state index contributed by atoms with van der Waals surface area (Å²) >= 11 is 0. The SMILES string of the molecule is NC[C@@H]1C[C@H]1CC1CC1. The molecular formula is C8H15N. The highest BCUT2D eigenvalue weighted by Gasteiger charge is 2.39. The molecule has 0 heterocycles. The van der Waals surface area contributed by atoms with Crippen LogP contribution in [-0.2, 0) is 0 Å². The van der Waals surface area contributed by atoms with Gasteiger partial charge in [0.2, 0.25) is 0 Å². The fraction of sp³-hybridized carbons (Fsp3) is 1.00. The lowest BCUT2D eigenvalue weighted by atomic mass is 10.2. The lowest BCUT2D eigenvalue weighted by Crippen LogP contribution is -2.02. The Kier molecular flexibility index (Phi) is 1.26. The van der Waals surface area contributed by atoms with Crippen LogP contribution in [0.5, 0.6) is 0 Å². The lowest BCUT2D eigenvalue weighted by molar-refractivity contribution is 0.600. The Balaban J connectivity index is 1.65. The molecule has 0 unspecified atom stereocenters. The van der Waals surface area contributed by atoms with Crippen molar-refractivity contribution in [2.75, 3.05) is 6.54 Å². The molecule has 0 aromatic carbocycles. The molecule has 0 aromatic heterocycles. The van der Waals surface area contributed by atoms with E-state index in [1.807, 2.05) is 0 Å². The highest BCUT2D eigenvalue weighted by atomic mass is 14.6. The van der Waals surface area contributed by atoms with Gasteiger partial charge in [-0.05, 0) is 37.1 Å². The average molecular weight is 125 g/mol. The Bertz CT molecular complexity index is 107. The maximum atomic E-state index is 5.52. The van der Waals surface area contributed by atoms with E-state index in [0.717, 1.165) is 24.3 Å². The molecule has 2 fully saturated rings. The predicted octanol–water partition coefficient (Wildman–Crippen LogP) is 1.38. The fourth-order valence-electron chi connectivity index (χ4n) is 1.67. The molecule has 2 rings (SSSR count). The van der Waals surface area contributed by atoms with Crippen LogP contribution in [0.25, 0.3) is 0 Å². The van der Waals surface area contributed by atoms with Crippen molar-refractivity contribution in [1.29, 1.82) is 0 Å². The third-order valence-electron chi connectivity index (χ3n) is 2.70. The summed E-state index contributed by atoms with van der Waals surface area (Å²) in [6.45, 7) is 0.942. The molecule has 2 aliphatic rings. The number of rotatable bonds is 3. The second-order valence-electron chi connectivity index (χ2n) is 3.67. The van der Waals surface area contributed by atoms with Crippen LogP contribution in [0.2, 0.25) is 0 Å². The minimum Gasteiger partial charge on any atom is -0.330 e. The minimum atomic E-state index is 0.922. The van der Waals surface area contributed by atoms with Gasteiger partial charge in [0.05, 0.1) is 0 Å². The van der Waals surface area contributed by atoms with E-state index in [-0.39, 0.29) is 0 Å². The van der Waals surface area contributed by atoms with E-state index < -0.39 is 0 Å². The largest absolute Gasteiger partial charge is 0.330 e. The zero-order valence-corrected chi connectivity index (χ0v) is 5.84. The van der Waals surface area contributed by atoms with Gasteiger partial charge in [-0.3, -0.25) is 0 Å². The van der Waals surface area contributed by atoms with E-state index in [1.165, 1.54) is 25.7 Å². The van der Waals surface area contributed by atoms with E-state index in [1.54, 1.807) is 0 Å². The lowest BCUT2D eigenvalue weighted by Gasteiger charge is -1.92. The van der Waals surface area contributed by atoms with Crippen molar-refractivity contribution in [2.24, 2.45) is 23.5 Å². The third-order valence-corrected chi connectivity index (χ3v) is 2.70. The molecule has 52 valence electrons. The van der Waals surface area contributed by atoms with Crippen molar-refractivity contribution in [1.82, 2.24) is 0 Å². The maximum Gasteiger partial charge on any atom is -0.00461 e. The van der Waals surface area contributed by atoms with Gasteiger partial charge in [0.1, 0.15) is 0 Å². The molecule has 0 saturated heterocycles. The van der Waals surface area contributed by atoms with Crippen molar-refractivity contribution in [3.05, 3.63) is 0 Å².